The van der Waals surface area contributed by atoms with E-state index in [1.165, 1.54) is 24.3 Å². The first-order chi connectivity index (χ1) is 14.8. The molecule has 2 aromatic carbocycles. The normalized spacial score (nSPS) is 20.4. The van der Waals surface area contributed by atoms with E-state index in [9.17, 15) is 13.6 Å². The summed E-state index contributed by atoms with van der Waals surface area (Å²) in [6.07, 6.45) is 2.05. The Morgan fingerprint density at radius 3 is 1.94 bits per heavy atom. The summed E-state index contributed by atoms with van der Waals surface area (Å²) in [6.45, 7) is 6.84. The number of rotatable bonds is 6. The van der Waals surface area contributed by atoms with Crippen molar-refractivity contribution < 1.29 is 23.0 Å². The van der Waals surface area contributed by atoms with E-state index in [1.807, 2.05) is 13.8 Å². The average Bonchev–Trinajstić information content (AvgIpc) is 2.96. The first-order valence-electron chi connectivity index (χ1n) is 10.8. The zero-order valence-electron chi connectivity index (χ0n) is 18.1. The van der Waals surface area contributed by atoms with Crippen LogP contribution in [0.3, 0.4) is 0 Å². The fourth-order valence-corrected chi connectivity index (χ4v) is 4.67. The Bertz CT molecular complexity index is 858. The Morgan fingerprint density at radius 1 is 0.968 bits per heavy atom. The quantitative estimate of drug-likeness (QED) is 0.614. The molecule has 2 aliphatic heterocycles. The van der Waals surface area contributed by atoms with Gasteiger partial charge in [0, 0.05) is 38.9 Å². The average molecular weight is 430 g/mol. The van der Waals surface area contributed by atoms with Crippen LogP contribution in [0.2, 0.25) is 0 Å². The van der Waals surface area contributed by atoms with E-state index in [0.29, 0.717) is 6.61 Å². The molecule has 0 aliphatic carbocycles. The van der Waals surface area contributed by atoms with Crippen molar-refractivity contribution in [3.05, 3.63) is 71.3 Å². The molecule has 2 fully saturated rings. The molecule has 31 heavy (non-hydrogen) atoms. The van der Waals surface area contributed by atoms with Gasteiger partial charge in [0.2, 0.25) is 0 Å². The third-order valence-electron chi connectivity index (χ3n) is 6.43. The van der Waals surface area contributed by atoms with Crippen molar-refractivity contribution in [1.29, 1.82) is 0 Å². The van der Waals surface area contributed by atoms with Gasteiger partial charge in [-0.25, -0.2) is 8.78 Å². The molecule has 6 heteroatoms. The van der Waals surface area contributed by atoms with E-state index in [-0.39, 0.29) is 23.2 Å². The molecule has 1 spiro atoms. The summed E-state index contributed by atoms with van der Waals surface area (Å²) in [7, 11) is 0. The number of ether oxygens (including phenoxy) is 2. The second-order valence-electron chi connectivity index (χ2n) is 9.33. The van der Waals surface area contributed by atoms with Gasteiger partial charge in [-0.3, -0.25) is 4.79 Å². The van der Waals surface area contributed by atoms with Crippen molar-refractivity contribution >= 4 is 5.97 Å². The van der Waals surface area contributed by atoms with Gasteiger partial charge in [-0.15, -0.1) is 0 Å². The van der Waals surface area contributed by atoms with Crippen LogP contribution in [0.25, 0.3) is 0 Å². The van der Waals surface area contributed by atoms with Crippen LogP contribution in [0, 0.1) is 17.0 Å². The minimum absolute atomic E-state index is 0.0919. The minimum Gasteiger partial charge on any atom is -0.459 e. The molecular formula is C25H29F2NO3. The molecule has 166 valence electrons. The zero-order chi connectivity index (χ0) is 22.1. The zero-order valence-corrected chi connectivity index (χ0v) is 18.1. The van der Waals surface area contributed by atoms with Crippen molar-refractivity contribution in [2.24, 2.45) is 5.41 Å². The van der Waals surface area contributed by atoms with E-state index in [4.69, 9.17) is 9.47 Å². The smallest absolute Gasteiger partial charge is 0.312 e. The number of nitrogens with zero attached hydrogens (tertiary/aromatic N) is 1. The van der Waals surface area contributed by atoms with Crippen LogP contribution in [0.5, 0.6) is 0 Å². The van der Waals surface area contributed by atoms with E-state index in [2.05, 4.69) is 4.90 Å². The van der Waals surface area contributed by atoms with Gasteiger partial charge in [-0.2, -0.15) is 0 Å². The summed E-state index contributed by atoms with van der Waals surface area (Å²) in [6, 6.07) is 12.4. The molecule has 0 saturated carbocycles. The molecule has 0 radical (unpaired) electrons. The van der Waals surface area contributed by atoms with Crippen LogP contribution >= 0.6 is 0 Å². The summed E-state index contributed by atoms with van der Waals surface area (Å²) in [5, 5.41) is 0. The molecule has 2 aromatic rings. The topological polar surface area (TPSA) is 38.8 Å². The van der Waals surface area contributed by atoms with Gasteiger partial charge in [0.25, 0.3) is 0 Å². The lowest BCUT2D eigenvalue weighted by Gasteiger charge is -2.38. The Morgan fingerprint density at radius 2 is 1.48 bits per heavy atom. The summed E-state index contributed by atoms with van der Waals surface area (Å²) < 4.78 is 38.7. The Balaban J connectivity index is 1.35. The number of esters is 1. The number of benzene rings is 2. The summed E-state index contributed by atoms with van der Waals surface area (Å²) in [5.41, 5.74) is 0.933. The molecule has 0 N–H and O–H groups in total. The van der Waals surface area contributed by atoms with Crippen LogP contribution in [0.15, 0.2) is 48.5 Å². The molecule has 0 unspecified atom stereocenters. The van der Waals surface area contributed by atoms with Gasteiger partial charge in [0.05, 0.1) is 12.0 Å². The van der Waals surface area contributed by atoms with Crippen molar-refractivity contribution in [2.45, 2.75) is 44.8 Å². The van der Waals surface area contributed by atoms with Crippen LogP contribution in [0.1, 0.15) is 50.3 Å². The second-order valence-corrected chi connectivity index (χ2v) is 9.33. The van der Waals surface area contributed by atoms with Crippen LogP contribution in [-0.4, -0.2) is 42.7 Å². The molecule has 4 rings (SSSR count). The van der Waals surface area contributed by atoms with Crippen LogP contribution < -0.4 is 0 Å². The maximum Gasteiger partial charge on any atom is 0.312 e. The molecule has 2 saturated heterocycles. The van der Waals surface area contributed by atoms with Crippen molar-refractivity contribution in [3.8, 4) is 0 Å². The predicted octanol–water partition coefficient (Wildman–Crippen LogP) is 4.88. The van der Waals surface area contributed by atoms with Crippen LogP contribution in [0.4, 0.5) is 8.78 Å². The van der Waals surface area contributed by atoms with Gasteiger partial charge in [-0.05, 0) is 49.2 Å². The Hall–Kier alpha value is -2.31. The third kappa shape index (κ3) is 4.96. The van der Waals surface area contributed by atoms with Crippen molar-refractivity contribution in [1.82, 2.24) is 4.90 Å². The number of carbonyl (C=O) groups excluding carboxylic acids is 1. The van der Waals surface area contributed by atoms with Gasteiger partial charge in [0.15, 0.2) is 0 Å². The fraction of sp³-hybridized carbons (Fsp3) is 0.480. The SMILES string of the molecule is CC1(C)CC2(CCN(CCOC(c3ccc(F)cc3)c3ccc(F)cc3)CC2)OC1=O. The first-order valence-corrected chi connectivity index (χ1v) is 10.8. The largest absolute Gasteiger partial charge is 0.459 e. The van der Waals surface area contributed by atoms with E-state index >= 15 is 0 Å². The van der Waals surface area contributed by atoms with Gasteiger partial charge in [-0.1, -0.05) is 24.3 Å². The molecule has 0 amide bonds. The van der Waals surface area contributed by atoms with Crippen LogP contribution in [-0.2, 0) is 14.3 Å². The lowest BCUT2D eigenvalue weighted by atomic mass is 9.79. The number of carbonyl (C=O) groups is 1. The number of hydrogen-bond acceptors (Lipinski definition) is 4. The predicted molar refractivity (Wildman–Crippen MR) is 113 cm³/mol. The lowest BCUT2D eigenvalue weighted by molar-refractivity contribution is -0.156. The molecule has 4 nitrogen and oxygen atoms in total. The molecular weight excluding hydrogens is 400 g/mol. The first kappa shape index (κ1) is 21.9. The Kier molecular flexibility index (Phi) is 6.13. The third-order valence-corrected chi connectivity index (χ3v) is 6.43. The highest BCUT2D eigenvalue weighted by Gasteiger charge is 2.52. The number of piperidine rings is 1. The number of hydrogen-bond donors (Lipinski definition) is 0. The highest BCUT2D eigenvalue weighted by atomic mass is 19.1. The number of halogens is 2. The summed E-state index contributed by atoms with van der Waals surface area (Å²) in [4.78, 5) is 14.4. The van der Waals surface area contributed by atoms with Crippen molar-refractivity contribution in [2.75, 3.05) is 26.2 Å². The van der Waals surface area contributed by atoms with E-state index < -0.39 is 11.5 Å². The van der Waals surface area contributed by atoms with E-state index in [1.54, 1.807) is 24.3 Å². The number of likely N-dealkylation sites (tertiary alicyclic amines) is 1. The fourth-order valence-electron chi connectivity index (χ4n) is 4.67. The maximum absolute atomic E-state index is 13.4. The van der Waals surface area contributed by atoms with Gasteiger partial charge in [0.1, 0.15) is 23.3 Å². The molecule has 2 heterocycles. The highest BCUT2D eigenvalue weighted by Crippen LogP contribution is 2.45. The molecule has 0 atom stereocenters. The highest BCUT2D eigenvalue weighted by molar-refractivity contribution is 5.78. The standard InChI is InChI=1S/C25H29F2NO3/c1-24(2)17-25(31-23(24)29)11-13-28(14-12-25)15-16-30-22(18-3-7-20(26)8-4-18)19-5-9-21(27)10-6-19/h3-10,22H,11-17H2,1-2H3. The molecule has 2 aliphatic rings. The van der Waals surface area contributed by atoms with E-state index in [0.717, 1.165) is 50.0 Å². The monoisotopic (exact) mass is 429 g/mol. The molecule has 0 bridgehead atoms. The summed E-state index contributed by atoms with van der Waals surface area (Å²) in [5.74, 6) is -0.704. The maximum atomic E-state index is 13.4. The summed E-state index contributed by atoms with van der Waals surface area (Å²) >= 11 is 0. The minimum atomic E-state index is -0.400. The Labute approximate surface area is 182 Å². The lowest BCUT2D eigenvalue weighted by Crippen LogP contribution is -2.45. The molecule has 0 aromatic heterocycles. The van der Waals surface area contributed by atoms with Crippen molar-refractivity contribution in [3.63, 3.8) is 0 Å². The second kappa shape index (κ2) is 8.67. The van der Waals surface area contributed by atoms with Gasteiger partial charge < -0.3 is 14.4 Å². The van der Waals surface area contributed by atoms with Gasteiger partial charge >= 0.3 is 5.97 Å².